The number of carbonyl (C=O) groups excluding carboxylic acids is 1. The van der Waals surface area contributed by atoms with Crippen LogP contribution in [0.25, 0.3) is 5.57 Å². The van der Waals surface area contributed by atoms with Gasteiger partial charge in [-0.05, 0) is 130 Å². The van der Waals surface area contributed by atoms with Crippen molar-refractivity contribution in [2.24, 2.45) is 0 Å². The van der Waals surface area contributed by atoms with Gasteiger partial charge in [-0.3, -0.25) is 9.35 Å². The minimum absolute atomic E-state index is 0. The summed E-state index contributed by atoms with van der Waals surface area (Å²) >= 11 is 0. The van der Waals surface area contributed by atoms with E-state index in [0.29, 0.717) is 11.3 Å². The fraction of sp³-hybridized carbons (Fsp3) is 0.509. The van der Waals surface area contributed by atoms with Gasteiger partial charge in [0.1, 0.15) is 5.60 Å². The maximum Gasteiger partial charge on any atom is 0.306 e. The maximum absolute atomic E-state index is 12.8. The second kappa shape index (κ2) is 20.8. The van der Waals surface area contributed by atoms with Crippen molar-refractivity contribution in [3.63, 3.8) is 0 Å². The summed E-state index contributed by atoms with van der Waals surface area (Å²) in [6.45, 7) is 17.7. The first-order chi connectivity index (χ1) is 31.8. The molecule has 70 heavy (non-hydrogen) atoms. The van der Waals surface area contributed by atoms with Gasteiger partial charge in [0.25, 0.3) is 10.1 Å². The Labute approximate surface area is 421 Å². The minimum Gasteiger partial charge on any atom is -0.460 e. The quantitative estimate of drug-likeness (QED) is 0.0614. The molecule has 13 heteroatoms. The Hall–Kier alpha value is -4.66. The standard InChI is InChI=1S/C56H78N4O7S2.CH4/c1-54(2,3)67-52(61)33-22-40-20-23-43(24-21-40)53-41(25-31-50-55(4,5)46-38-44(68(14,62)63)27-29-48(46)57(50)34-16-36-59(8,9)10)18-15-19-42(53)26-32-51-56(6,7)47-39-45(69(64,65)66)28-30-49(47)58(51)35-17-37-60(11,12)13;/h20-21,23-32,38-39H,15-19,22,33-37H2,1-14H3;1H4/q+2;/p+1. The molecule has 0 saturated heterocycles. The number of quaternary nitrogens is 2. The number of sulfone groups is 1. The van der Waals surface area contributed by atoms with Crippen LogP contribution in [0.5, 0.6) is 0 Å². The van der Waals surface area contributed by atoms with Crippen molar-refractivity contribution in [2.75, 3.05) is 79.6 Å². The summed E-state index contributed by atoms with van der Waals surface area (Å²) in [5.74, 6) is -0.224. The third-order valence-corrected chi connectivity index (χ3v) is 15.5. The Morgan fingerprint density at radius 2 is 1.41 bits per heavy atom. The van der Waals surface area contributed by atoms with Gasteiger partial charge in [-0.2, -0.15) is 13.0 Å². The SMILES string of the molecule is C.CC(C)(C)OC(=O)CCc1ccc(C2=C(C=CC3=[N+](CCC[N+](C)(C)C)c4ccc(S(C)(=O)=O)cc4C3(C)C)CCCC2=CC=C2N(CCC[N+](C)(C)C)c3ccc(S(=O)(=O)O)cc3C2(C)C)cc1. The molecule has 0 saturated carbocycles. The molecule has 0 fully saturated rings. The molecule has 2 aliphatic heterocycles. The molecule has 11 nitrogen and oxygen atoms in total. The van der Waals surface area contributed by atoms with E-state index in [9.17, 15) is 26.2 Å². The van der Waals surface area contributed by atoms with Crippen LogP contribution in [0.3, 0.4) is 0 Å². The zero-order valence-corrected chi connectivity index (χ0v) is 45.5. The highest BCUT2D eigenvalue weighted by molar-refractivity contribution is 7.90. The molecule has 3 aromatic rings. The summed E-state index contributed by atoms with van der Waals surface area (Å²) in [6.07, 6.45) is 15.6. The van der Waals surface area contributed by atoms with Gasteiger partial charge in [-0.1, -0.05) is 57.7 Å². The summed E-state index contributed by atoms with van der Waals surface area (Å²) < 4.78 is 70.2. The molecule has 0 radical (unpaired) electrons. The first-order valence-corrected chi connectivity index (χ1v) is 27.7. The zero-order chi connectivity index (χ0) is 51.1. The molecule has 0 amide bonds. The van der Waals surface area contributed by atoms with Gasteiger partial charge in [0, 0.05) is 60.1 Å². The van der Waals surface area contributed by atoms with Crippen LogP contribution in [0.2, 0.25) is 0 Å². The molecule has 3 aromatic carbocycles. The summed E-state index contributed by atoms with van der Waals surface area (Å²) in [7, 11) is 5.32. The highest BCUT2D eigenvalue weighted by Gasteiger charge is 2.45. The number of hydrogen-bond donors (Lipinski definition) is 1. The van der Waals surface area contributed by atoms with Crippen molar-refractivity contribution >= 4 is 48.6 Å². The number of ether oxygens (including phenoxy) is 1. The van der Waals surface area contributed by atoms with Crippen molar-refractivity contribution in [3.8, 4) is 0 Å². The van der Waals surface area contributed by atoms with E-state index in [4.69, 9.17) is 4.74 Å². The van der Waals surface area contributed by atoms with E-state index >= 15 is 0 Å². The van der Waals surface area contributed by atoms with Crippen LogP contribution in [0.1, 0.15) is 117 Å². The first-order valence-electron chi connectivity index (χ1n) is 24.4. The number of rotatable bonds is 17. The average molecular weight is 1000 g/mol. The van der Waals surface area contributed by atoms with E-state index in [1.807, 2.05) is 39.0 Å². The summed E-state index contributed by atoms with van der Waals surface area (Å²) in [6, 6.07) is 19.1. The van der Waals surface area contributed by atoms with Gasteiger partial charge in [0.15, 0.2) is 22.1 Å². The van der Waals surface area contributed by atoms with Crippen molar-refractivity contribution < 1.29 is 44.5 Å². The monoisotopic (exact) mass is 1000 g/mol. The van der Waals surface area contributed by atoms with Crippen LogP contribution in [0.4, 0.5) is 11.4 Å². The predicted octanol–water partition coefficient (Wildman–Crippen LogP) is 10.6. The Morgan fingerprint density at radius 3 is 2.01 bits per heavy atom. The van der Waals surface area contributed by atoms with Gasteiger partial charge >= 0.3 is 5.97 Å². The molecule has 0 aromatic heterocycles. The lowest BCUT2D eigenvalue weighted by Crippen LogP contribution is -2.37. The molecular formula is C57H83N4O7S2+3. The molecule has 0 unspecified atom stereocenters. The highest BCUT2D eigenvalue weighted by atomic mass is 32.2. The van der Waals surface area contributed by atoms with Crippen molar-refractivity contribution in [2.45, 2.75) is 127 Å². The number of benzene rings is 3. The van der Waals surface area contributed by atoms with Gasteiger partial charge < -0.3 is 18.6 Å². The molecule has 0 atom stereocenters. The lowest BCUT2D eigenvalue weighted by molar-refractivity contribution is -0.871. The van der Waals surface area contributed by atoms with Crippen molar-refractivity contribution in [1.82, 2.24) is 0 Å². The highest BCUT2D eigenvalue weighted by Crippen LogP contribution is 2.49. The second-order valence-electron chi connectivity index (χ2n) is 23.4. The smallest absolute Gasteiger partial charge is 0.306 e. The Morgan fingerprint density at radius 1 is 0.800 bits per heavy atom. The van der Waals surface area contributed by atoms with Crippen LogP contribution in [0.15, 0.2) is 112 Å². The molecule has 1 aliphatic carbocycles. The molecule has 382 valence electrons. The minimum atomic E-state index is -4.41. The van der Waals surface area contributed by atoms with E-state index < -0.39 is 36.4 Å². The maximum atomic E-state index is 12.8. The van der Waals surface area contributed by atoms with Crippen LogP contribution in [-0.2, 0) is 46.7 Å². The summed E-state index contributed by atoms with van der Waals surface area (Å²) in [5.41, 5.74) is 10.0. The first kappa shape index (κ1) is 56.3. The molecule has 6 rings (SSSR count). The number of allylic oxidation sites excluding steroid dienone is 8. The third-order valence-electron chi connectivity index (χ3n) is 13.6. The Balaban J connectivity index is 0.00000913. The average Bonchev–Trinajstić information content (AvgIpc) is 3.56. The molecule has 0 bridgehead atoms. The topological polar surface area (TPSA) is 121 Å². The number of aryl methyl sites for hydroxylation is 1. The number of fused-ring (bicyclic) bond motifs is 2. The van der Waals surface area contributed by atoms with Crippen molar-refractivity contribution in [3.05, 3.63) is 124 Å². The number of esters is 1. The second-order valence-corrected chi connectivity index (χ2v) is 26.8. The molecule has 1 N–H and O–H groups in total. The largest absolute Gasteiger partial charge is 0.460 e. The number of carbonyl (C=O) groups is 1. The van der Waals surface area contributed by atoms with Gasteiger partial charge in [-0.25, -0.2) is 8.42 Å². The lowest BCUT2D eigenvalue weighted by atomic mass is 9.79. The molecule has 0 spiro atoms. The Kier molecular flexibility index (Phi) is 16.7. The Bertz CT molecular complexity index is 2840. The van der Waals surface area contributed by atoms with E-state index in [1.54, 1.807) is 12.1 Å². The van der Waals surface area contributed by atoms with E-state index in [2.05, 4.69) is 128 Å². The van der Waals surface area contributed by atoms with E-state index in [0.717, 1.165) is 118 Å². The molecular weight excluding hydrogens is 917 g/mol. The third kappa shape index (κ3) is 13.4. The number of hydrogen-bond acceptors (Lipinski definition) is 7. The van der Waals surface area contributed by atoms with Gasteiger partial charge in [0.05, 0.1) is 77.0 Å². The van der Waals surface area contributed by atoms with Crippen LogP contribution in [0, 0.1) is 0 Å². The van der Waals surface area contributed by atoms with E-state index in [1.165, 1.54) is 23.5 Å². The van der Waals surface area contributed by atoms with Gasteiger partial charge in [-0.15, -0.1) is 0 Å². The van der Waals surface area contributed by atoms with Crippen LogP contribution >= 0.6 is 0 Å². The van der Waals surface area contributed by atoms with Crippen LogP contribution < -0.4 is 4.90 Å². The molecule has 2 heterocycles. The normalized spacial score (nSPS) is 18.5. The predicted molar refractivity (Wildman–Crippen MR) is 287 cm³/mol. The number of nitrogens with zero attached hydrogens (tertiary/aromatic N) is 4. The zero-order valence-electron chi connectivity index (χ0n) is 43.9. The van der Waals surface area contributed by atoms with Crippen molar-refractivity contribution in [1.29, 1.82) is 0 Å². The number of anilines is 1. The summed E-state index contributed by atoms with van der Waals surface area (Å²) in [4.78, 5) is 15.2. The van der Waals surface area contributed by atoms with Crippen LogP contribution in [-0.4, -0.2) is 127 Å². The van der Waals surface area contributed by atoms with Gasteiger partial charge in [0.2, 0.25) is 5.69 Å². The molecule has 3 aliphatic rings. The summed E-state index contributed by atoms with van der Waals surface area (Å²) in [5, 5.41) is 0. The van der Waals surface area contributed by atoms with E-state index in [-0.39, 0.29) is 24.7 Å². The fourth-order valence-electron chi connectivity index (χ4n) is 10.1. The fourth-order valence-corrected chi connectivity index (χ4v) is 11.2. The lowest BCUT2D eigenvalue weighted by Gasteiger charge is -2.29.